The lowest BCUT2D eigenvalue weighted by Crippen LogP contribution is -2.26. The zero-order valence-electron chi connectivity index (χ0n) is 9.53. The van der Waals surface area contributed by atoms with Crippen molar-refractivity contribution in [1.82, 2.24) is 0 Å². The van der Waals surface area contributed by atoms with Crippen LogP contribution in [0.15, 0.2) is 12.2 Å². The highest BCUT2D eigenvalue weighted by Gasteiger charge is 2.12. The highest BCUT2D eigenvalue weighted by molar-refractivity contribution is 6.44. The average Bonchev–Trinajstić information content (AvgIpc) is 2.15. The molecular weight excluding hydrogens is 194 g/mol. The van der Waals surface area contributed by atoms with Crippen LogP contribution in [0.25, 0.3) is 0 Å². The van der Waals surface area contributed by atoms with E-state index in [4.69, 9.17) is 14.6 Å². The van der Waals surface area contributed by atoms with Crippen LogP contribution in [0.3, 0.4) is 0 Å². The summed E-state index contributed by atoms with van der Waals surface area (Å²) in [4.78, 5) is 0. The minimum absolute atomic E-state index is 0.149. The molecule has 4 heteroatoms. The van der Waals surface area contributed by atoms with Gasteiger partial charge in [0.15, 0.2) is 0 Å². The van der Waals surface area contributed by atoms with Crippen molar-refractivity contribution in [3.05, 3.63) is 12.2 Å². The summed E-state index contributed by atoms with van der Waals surface area (Å²) >= 11 is 0. The van der Waals surface area contributed by atoms with Gasteiger partial charge in [-0.25, -0.2) is 0 Å². The molecule has 3 nitrogen and oxygen atoms in total. The Kier molecular flexibility index (Phi) is 9.28. The molecule has 2 N–H and O–H groups in total. The molecule has 1 atom stereocenters. The predicted molar refractivity (Wildman–Crippen MR) is 62.6 cm³/mol. The lowest BCUT2D eigenvalue weighted by atomic mass is 10.2. The Hall–Kier alpha value is -0.163. The van der Waals surface area contributed by atoms with Gasteiger partial charge in [0.05, 0.1) is 0 Å². The molecule has 0 amide bonds. The van der Waals surface area contributed by atoms with Crippen molar-refractivity contribution < 1.29 is 8.85 Å². The van der Waals surface area contributed by atoms with E-state index in [1.807, 2.05) is 32.9 Å². The summed E-state index contributed by atoms with van der Waals surface area (Å²) in [5, 5.41) is 0. The van der Waals surface area contributed by atoms with E-state index in [-0.39, 0.29) is 6.04 Å². The van der Waals surface area contributed by atoms with Gasteiger partial charge in [-0.3, -0.25) is 0 Å². The number of nitrogens with two attached hydrogens (primary N) is 1. The molecule has 0 saturated carbocycles. The molecule has 0 saturated heterocycles. The van der Waals surface area contributed by atoms with Gasteiger partial charge in [0, 0.05) is 19.3 Å². The van der Waals surface area contributed by atoms with Gasteiger partial charge in [-0.05, 0) is 33.2 Å². The van der Waals surface area contributed by atoms with Crippen molar-refractivity contribution in [2.24, 2.45) is 5.73 Å². The quantitative estimate of drug-likeness (QED) is 0.496. The van der Waals surface area contributed by atoms with Crippen LogP contribution >= 0.6 is 0 Å². The highest BCUT2D eigenvalue weighted by atomic mass is 28.3. The second kappa shape index (κ2) is 9.39. The third-order valence-corrected chi connectivity index (χ3v) is 4.10. The molecule has 0 radical (unpaired) electrons. The number of rotatable bonds is 8. The molecule has 0 aromatic carbocycles. The summed E-state index contributed by atoms with van der Waals surface area (Å²) in [7, 11) is -1.43. The molecule has 0 aromatic rings. The van der Waals surface area contributed by atoms with E-state index >= 15 is 0 Å². The Morgan fingerprint density at radius 1 is 1.29 bits per heavy atom. The zero-order valence-corrected chi connectivity index (χ0v) is 10.7. The van der Waals surface area contributed by atoms with Gasteiger partial charge in [0.2, 0.25) is 0 Å². The molecule has 84 valence electrons. The first-order valence-corrected chi connectivity index (χ1v) is 7.12. The minimum Gasteiger partial charge on any atom is -0.397 e. The first kappa shape index (κ1) is 13.8. The van der Waals surface area contributed by atoms with E-state index in [2.05, 4.69) is 0 Å². The van der Waals surface area contributed by atoms with Crippen LogP contribution in [0, 0.1) is 0 Å². The molecular formula is C10H23NO2Si. The van der Waals surface area contributed by atoms with Crippen molar-refractivity contribution in [2.45, 2.75) is 39.3 Å². The van der Waals surface area contributed by atoms with E-state index < -0.39 is 9.28 Å². The first-order valence-electron chi connectivity index (χ1n) is 5.36. The summed E-state index contributed by atoms with van der Waals surface area (Å²) in [5.74, 6) is 0. The summed E-state index contributed by atoms with van der Waals surface area (Å²) in [6.45, 7) is 7.49. The van der Waals surface area contributed by atoms with E-state index in [9.17, 15) is 0 Å². The van der Waals surface area contributed by atoms with E-state index in [1.165, 1.54) is 0 Å². The lowest BCUT2D eigenvalue weighted by Gasteiger charge is -2.15. The first-order chi connectivity index (χ1) is 6.74. The van der Waals surface area contributed by atoms with Crippen LogP contribution in [0.1, 0.15) is 27.2 Å². The molecule has 1 unspecified atom stereocenters. The van der Waals surface area contributed by atoms with Crippen molar-refractivity contribution >= 4 is 9.28 Å². The zero-order chi connectivity index (χ0) is 10.8. The molecule has 0 aromatic heterocycles. The second-order valence-electron chi connectivity index (χ2n) is 3.11. The van der Waals surface area contributed by atoms with Gasteiger partial charge >= 0.3 is 9.28 Å². The van der Waals surface area contributed by atoms with Gasteiger partial charge in [0.1, 0.15) is 0 Å². The molecule has 0 fully saturated rings. The normalized spacial score (nSPS) is 14.1. The Labute approximate surface area is 89.1 Å². The van der Waals surface area contributed by atoms with Crippen LogP contribution in [0.2, 0.25) is 6.04 Å². The van der Waals surface area contributed by atoms with Crippen LogP contribution in [0.5, 0.6) is 0 Å². The average molecular weight is 217 g/mol. The minimum atomic E-state index is -1.43. The van der Waals surface area contributed by atoms with Gasteiger partial charge in [-0.2, -0.15) is 0 Å². The highest BCUT2D eigenvalue weighted by Crippen LogP contribution is 2.04. The van der Waals surface area contributed by atoms with Gasteiger partial charge in [0.25, 0.3) is 0 Å². The second-order valence-corrected chi connectivity index (χ2v) is 5.21. The van der Waals surface area contributed by atoms with Crippen molar-refractivity contribution in [2.75, 3.05) is 13.2 Å². The largest absolute Gasteiger partial charge is 0.397 e. The lowest BCUT2D eigenvalue weighted by molar-refractivity contribution is 0.212. The van der Waals surface area contributed by atoms with Crippen LogP contribution in [-0.2, 0) is 8.85 Å². The van der Waals surface area contributed by atoms with Crippen molar-refractivity contribution in [3.63, 3.8) is 0 Å². The van der Waals surface area contributed by atoms with Crippen molar-refractivity contribution in [3.8, 4) is 0 Å². The fourth-order valence-electron chi connectivity index (χ4n) is 1.26. The van der Waals surface area contributed by atoms with E-state index in [1.54, 1.807) is 0 Å². The third-order valence-electron chi connectivity index (χ3n) is 1.88. The summed E-state index contributed by atoms with van der Waals surface area (Å²) in [6, 6.07) is 1.14. The Bertz CT molecular complexity index is 147. The number of hydrogen-bond acceptors (Lipinski definition) is 3. The molecule has 0 aliphatic carbocycles. The van der Waals surface area contributed by atoms with Crippen LogP contribution in [0.4, 0.5) is 0 Å². The Morgan fingerprint density at radius 3 is 2.29 bits per heavy atom. The van der Waals surface area contributed by atoms with Crippen LogP contribution < -0.4 is 5.73 Å². The molecule has 0 spiro atoms. The molecule has 14 heavy (non-hydrogen) atoms. The smallest absolute Gasteiger partial charge is 0.321 e. The maximum atomic E-state index is 5.85. The van der Waals surface area contributed by atoms with Gasteiger partial charge in [-0.15, -0.1) is 0 Å². The monoisotopic (exact) mass is 217 g/mol. The summed E-state index contributed by atoms with van der Waals surface area (Å²) in [6.07, 6.45) is 4.97. The molecule has 0 bridgehead atoms. The molecule has 0 aliphatic rings. The Morgan fingerprint density at radius 2 is 1.86 bits per heavy atom. The van der Waals surface area contributed by atoms with E-state index in [0.717, 1.165) is 25.7 Å². The number of allylic oxidation sites excluding steroid dienone is 1. The Balaban J connectivity index is 3.68. The maximum absolute atomic E-state index is 5.85. The molecule has 0 aliphatic heterocycles. The van der Waals surface area contributed by atoms with Crippen LogP contribution in [-0.4, -0.2) is 28.5 Å². The summed E-state index contributed by atoms with van der Waals surface area (Å²) < 4.78 is 11.1. The van der Waals surface area contributed by atoms with Gasteiger partial charge in [-0.1, -0.05) is 12.2 Å². The predicted octanol–water partition coefficient (Wildman–Crippen LogP) is 1.57. The topological polar surface area (TPSA) is 44.5 Å². The fourth-order valence-corrected chi connectivity index (χ4v) is 3.09. The summed E-state index contributed by atoms with van der Waals surface area (Å²) in [5.41, 5.74) is 5.85. The molecule has 0 heterocycles. The SMILES string of the molecule is C/C=C\C(N)CC[SiH](OCC)OCC. The standard InChI is InChI=1S/C10H23NO2Si/c1-4-7-10(11)8-9-14(12-5-2)13-6-3/h4,7,10,14H,5-6,8-9,11H2,1-3H3/b7-4-. The van der Waals surface area contributed by atoms with Crippen molar-refractivity contribution in [1.29, 1.82) is 0 Å². The van der Waals surface area contributed by atoms with E-state index in [0.29, 0.717) is 0 Å². The fraction of sp³-hybridized carbons (Fsp3) is 0.800. The molecule has 0 rings (SSSR count). The third kappa shape index (κ3) is 7.26. The number of hydrogen-bond donors (Lipinski definition) is 1. The maximum Gasteiger partial charge on any atom is 0.321 e. The van der Waals surface area contributed by atoms with Gasteiger partial charge < -0.3 is 14.6 Å².